The molecule has 0 saturated carbocycles. The summed E-state index contributed by atoms with van der Waals surface area (Å²) in [7, 11) is 0. The van der Waals surface area contributed by atoms with Crippen LogP contribution in [0.1, 0.15) is 17.9 Å². The maximum absolute atomic E-state index is 12.8. The Morgan fingerprint density at radius 3 is 2.81 bits per heavy atom. The van der Waals surface area contributed by atoms with Crippen molar-refractivity contribution in [1.82, 2.24) is 14.5 Å². The number of hydrogen-bond donors (Lipinski definition) is 0. The van der Waals surface area contributed by atoms with Crippen LogP contribution in [-0.4, -0.2) is 14.5 Å². The number of allylic oxidation sites excluding steroid dienone is 1. The number of hydrogen-bond acceptors (Lipinski definition) is 4. The van der Waals surface area contributed by atoms with Crippen molar-refractivity contribution in [1.29, 1.82) is 0 Å². The maximum atomic E-state index is 12.8. The second kappa shape index (κ2) is 6.44. The molecule has 0 saturated heterocycles. The standard InChI is InChI=1S/C21H14ClN3OS/c22-15-6-7-18-17(11-15)21(26)25-9-8-14(19(25)24-18)10-16-12-27-20(23-16)13-4-2-1-3-5-13/h1-7,10-12H,8-9H2/b14-10-. The van der Waals surface area contributed by atoms with E-state index in [0.29, 0.717) is 22.5 Å². The van der Waals surface area contributed by atoms with E-state index in [1.807, 2.05) is 29.7 Å². The summed E-state index contributed by atoms with van der Waals surface area (Å²) in [6, 6.07) is 15.4. The van der Waals surface area contributed by atoms with Gasteiger partial charge < -0.3 is 0 Å². The first-order valence-corrected chi connectivity index (χ1v) is 9.87. The molecular formula is C21H14ClN3OS. The lowest BCUT2D eigenvalue weighted by Crippen LogP contribution is -2.20. The summed E-state index contributed by atoms with van der Waals surface area (Å²) < 4.78 is 1.73. The van der Waals surface area contributed by atoms with Gasteiger partial charge in [-0.1, -0.05) is 41.9 Å². The zero-order chi connectivity index (χ0) is 18.4. The molecule has 1 aliphatic heterocycles. The van der Waals surface area contributed by atoms with Crippen LogP contribution < -0.4 is 5.56 Å². The van der Waals surface area contributed by atoms with E-state index in [-0.39, 0.29) is 5.56 Å². The fourth-order valence-corrected chi connectivity index (χ4v) is 4.33. The molecule has 5 rings (SSSR count). The highest BCUT2D eigenvalue weighted by Gasteiger charge is 2.21. The highest BCUT2D eigenvalue weighted by Crippen LogP contribution is 2.30. The molecular weight excluding hydrogens is 378 g/mol. The molecule has 3 heterocycles. The van der Waals surface area contributed by atoms with Crippen LogP contribution in [0, 0.1) is 0 Å². The van der Waals surface area contributed by atoms with Gasteiger partial charge in [0.25, 0.3) is 5.56 Å². The molecule has 0 fully saturated rings. The summed E-state index contributed by atoms with van der Waals surface area (Å²) in [4.78, 5) is 22.2. The Kier molecular flexibility index (Phi) is 3.92. The van der Waals surface area contributed by atoms with Crippen molar-refractivity contribution in [3.8, 4) is 10.6 Å². The lowest BCUT2D eigenvalue weighted by Gasteiger charge is -2.05. The van der Waals surface area contributed by atoms with E-state index in [1.54, 1.807) is 34.1 Å². The number of halogens is 1. The summed E-state index contributed by atoms with van der Waals surface area (Å²) in [5.74, 6) is 0.726. The monoisotopic (exact) mass is 391 g/mol. The van der Waals surface area contributed by atoms with Crippen LogP contribution in [0.15, 0.2) is 58.7 Å². The summed E-state index contributed by atoms with van der Waals surface area (Å²) in [5.41, 5.74) is 3.67. The molecule has 0 radical (unpaired) electrons. The van der Waals surface area contributed by atoms with Gasteiger partial charge in [0.15, 0.2) is 0 Å². The van der Waals surface area contributed by atoms with Crippen molar-refractivity contribution < 1.29 is 0 Å². The average Bonchev–Trinajstić information content (AvgIpc) is 3.31. The second-order valence-corrected chi connectivity index (χ2v) is 7.71. The molecule has 0 N–H and O–H groups in total. The van der Waals surface area contributed by atoms with Crippen LogP contribution in [0.3, 0.4) is 0 Å². The van der Waals surface area contributed by atoms with Crippen LogP contribution in [0.4, 0.5) is 0 Å². The van der Waals surface area contributed by atoms with Crippen molar-refractivity contribution in [2.45, 2.75) is 13.0 Å². The quantitative estimate of drug-likeness (QED) is 0.476. The maximum Gasteiger partial charge on any atom is 0.261 e. The van der Waals surface area contributed by atoms with Crippen molar-refractivity contribution in [3.05, 3.63) is 80.8 Å². The van der Waals surface area contributed by atoms with Gasteiger partial charge in [0, 0.05) is 22.5 Å². The van der Waals surface area contributed by atoms with Crippen LogP contribution in [0.5, 0.6) is 0 Å². The summed E-state index contributed by atoms with van der Waals surface area (Å²) in [6.45, 7) is 0.630. The van der Waals surface area contributed by atoms with Gasteiger partial charge in [-0.15, -0.1) is 11.3 Å². The largest absolute Gasteiger partial charge is 0.292 e. The molecule has 27 heavy (non-hydrogen) atoms. The zero-order valence-corrected chi connectivity index (χ0v) is 15.8. The number of nitrogens with zero attached hydrogens (tertiary/aromatic N) is 3. The van der Waals surface area contributed by atoms with Crippen molar-refractivity contribution in [2.75, 3.05) is 0 Å². The number of aromatic nitrogens is 3. The van der Waals surface area contributed by atoms with Gasteiger partial charge in [-0.05, 0) is 36.3 Å². The summed E-state index contributed by atoms with van der Waals surface area (Å²) in [6.07, 6.45) is 2.81. The SMILES string of the molecule is O=c1c2cc(Cl)ccc2nc2n1CC/C2=C/c1csc(-c2ccccc2)n1. The predicted molar refractivity (Wildman–Crippen MR) is 111 cm³/mol. The van der Waals surface area contributed by atoms with Crippen molar-refractivity contribution in [2.24, 2.45) is 0 Å². The number of benzene rings is 2. The van der Waals surface area contributed by atoms with Gasteiger partial charge in [0.05, 0.1) is 16.6 Å². The fraction of sp³-hybridized carbons (Fsp3) is 0.0952. The second-order valence-electron chi connectivity index (χ2n) is 6.42. The Hall–Kier alpha value is -2.76. The van der Waals surface area contributed by atoms with Crippen molar-refractivity contribution in [3.63, 3.8) is 0 Å². The Morgan fingerprint density at radius 1 is 1.11 bits per heavy atom. The first-order chi connectivity index (χ1) is 13.2. The first kappa shape index (κ1) is 16.4. The molecule has 1 aliphatic rings. The van der Waals surface area contributed by atoms with E-state index in [1.165, 1.54) is 0 Å². The average molecular weight is 392 g/mol. The summed E-state index contributed by atoms with van der Waals surface area (Å²) in [5, 5.41) is 4.13. The molecule has 0 amide bonds. The Bertz CT molecular complexity index is 1260. The fourth-order valence-electron chi connectivity index (χ4n) is 3.37. The minimum Gasteiger partial charge on any atom is -0.292 e. The van der Waals surface area contributed by atoms with E-state index in [0.717, 1.165) is 34.1 Å². The molecule has 2 aromatic carbocycles. The van der Waals surface area contributed by atoms with Crippen LogP contribution in [0.2, 0.25) is 5.02 Å². The zero-order valence-electron chi connectivity index (χ0n) is 14.2. The van der Waals surface area contributed by atoms with Crippen LogP contribution in [0.25, 0.3) is 33.1 Å². The normalized spacial score (nSPS) is 14.8. The smallest absolute Gasteiger partial charge is 0.261 e. The van der Waals surface area contributed by atoms with E-state index >= 15 is 0 Å². The third-order valence-corrected chi connectivity index (χ3v) is 5.82. The Balaban J connectivity index is 1.58. The topological polar surface area (TPSA) is 47.8 Å². The van der Waals surface area contributed by atoms with Gasteiger partial charge >= 0.3 is 0 Å². The van der Waals surface area contributed by atoms with E-state index in [9.17, 15) is 4.79 Å². The molecule has 0 unspecified atom stereocenters. The van der Waals surface area contributed by atoms with Gasteiger partial charge in [-0.2, -0.15) is 0 Å². The third kappa shape index (κ3) is 2.89. The third-order valence-electron chi connectivity index (χ3n) is 4.67. The van der Waals surface area contributed by atoms with Gasteiger partial charge in [-0.25, -0.2) is 9.97 Å². The highest BCUT2D eigenvalue weighted by atomic mass is 35.5. The van der Waals surface area contributed by atoms with E-state index in [2.05, 4.69) is 12.1 Å². The molecule has 0 atom stereocenters. The lowest BCUT2D eigenvalue weighted by molar-refractivity contribution is 0.725. The number of rotatable bonds is 2. The minimum atomic E-state index is -0.0378. The highest BCUT2D eigenvalue weighted by molar-refractivity contribution is 7.13. The predicted octanol–water partition coefficient (Wildman–Crippen LogP) is 5.12. The molecule has 0 bridgehead atoms. The minimum absolute atomic E-state index is 0.0378. The summed E-state index contributed by atoms with van der Waals surface area (Å²) >= 11 is 7.65. The number of fused-ring (bicyclic) bond motifs is 2. The molecule has 6 heteroatoms. The molecule has 2 aromatic heterocycles. The van der Waals surface area contributed by atoms with Gasteiger partial charge in [0.1, 0.15) is 10.8 Å². The van der Waals surface area contributed by atoms with Crippen LogP contribution in [-0.2, 0) is 6.54 Å². The van der Waals surface area contributed by atoms with E-state index in [4.69, 9.17) is 21.6 Å². The molecule has 132 valence electrons. The van der Waals surface area contributed by atoms with Gasteiger partial charge in [0.2, 0.25) is 0 Å². The lowest BCUT2D eigenvalue weighted by atomic mass is 10.2. The molecule has 4 nitrogen and oxygen atoms in total. The Labute approximate surface area is 164 Å². The molecule has 0 spiro atoms. The van der Waals surface area contributed by atoms with E-state index < -0.39 is 0 Å². The molecule has 0 aliphatic carbocycles. The first-order valence-electron chi connectivity index (χ1n) is 8.61. The van der Waals surface area contributed by atoms with Crippen LogP contribution >= 0.6 is 22.9 Å². The van der Waals surface area contributed by atoms with Gasteiger partial charge in [-0.3, -0.25) is 9.36 Å². The van der Waals surface area contributed by atoms with Crippen molar-refractivity contribution >= 4 is 45.5 Å². The number of thiazole rings is 1. The Morgan fingerprint density at radius 2 is 1.96 bits per heavy atom. The molecule has 4 aromatic rings.